The molecule has 1 aromatic heterocycles. The normalized spacial score (nSPS) is 16.3. The number of aryl methyl sites for hydroxylation is 1. The van der Waals surface area contributed by atoms with Crippen molar-refractivity contribution < 1.29 is 13.2 Å². The number of ketones is 1. The Kier molecular flexibility index (Phi) is 6.98. The topological polar surface area (TPSA) is 75.5 Å². The van der Waals surface area contributed by atoms with Crippen molar-refractivity contribution in [2.75, 3.05) is 32.7 Å². The van der Waals surface area contributed by atoms with Gasteiger partial charge in [-0.2, -0.15) is 9.40 Å². The highest BCUT2D eigenvalue weighted by Crippen LogP contribution is 2.19. The summed E-state index contributed by atoms with van der Waals surface area (Å²) < 4.78 is 29.2. The van der Waals surface area contributed by atoms with Crippen molar-refractivity contribution in [3.63, 3.8) is 0 Å². The molecule has 0 amide bonds. The summed E-state index contributed by atoms with van der Waals surface area (Å²) in [6, 6.07) is 8.25. The molecule has 1 saturated heterocycles. The molecule has 0 aliphatic carbocycles. The standard InChI is InChI=1S/C20H28N4O3S/c1-18(25)19-7-5-8-20(17-19)28(26,27)24-15-13-22(14-16-24)10-3-2-4-11-23-12-6-9-21-23/h5-9,12,17H,2-4,10-11,13-16H2,1H3. The van der Waals surface area contributed by atoms with Gasteiger partial charge in [-0.1, -0.05) is 18.6 Å². The quantitative estimate of drug-likeness (QED) is 0.473. The van der Waals surface area contributed by atoms with E-state index in [1.807, 2.05) is 16.9 Å². The van der Waals surface area contributed by atoms with Crippen LogP contribution in [0.2, 0.25) is 0 Å². The van der Waals surface area contributed by atoms with Crippen LogP contribution in [0, 0.1) is 0 Å². The summed E-state index contributed by atoms with van der Waals surface area (Å²) in [7, 11) is -3.55. The van der Waals surface area contributed by atoms with Crippen molar-refractivity contribution in [2.45, 2.75) is 37.6 Å². The van der Waals surface area contributed by atoms with Crippen LogP contribution in [0.25, 0.3) is 0 Å². The molecule has 2 aromatic rings. The summed E-state index contributed by atoms with van der Waals surface area (Å²) in [6.07, 6.45) is 7.11. The third-order valence-electron chi connectivity index (χ3n) is 5.13. The Hall–Kier alpha value is -2.03. The molecule has 0 N–H and O–H groups in total. The Bertz CT molecular complexity index is 873. The molecule has 1 fully saturated rings. The second-order valence-electron chi connectivity index (χ2n) is 7.16. The number of piperazine rings is 1. The van der Waals surface area contributed by atoms with Gasteiger partial charge in [0.2, 0.25) is 10.0 Å². The van der Waals surface area contributed by atoms with Crippen LogP contribution < -0.4 is 0 Å². The van der Waals surface area contributed by atoms with Gasteiger partial charge in [0.05, 0.1) is 4.90 Å². The number of aromatic nitrogens is 2. The number of carbonyl (C=O) groups excluding carboxylic acids is 1. The van der Waals surface area contributed by atoms with Crippen LogP contribution in [0.3, 0.4) is 0 Å². The largest absolute Gasteiger partial charge is 0.301 e. The van der Waals surface area contributed by atoms with Gasteiger partial charge >= 0.3 is 0 Å². The summed E-state index contributed by atoms with van der Waals surface area (Å²) in [4.78, 5) is 14.1. The number of sulfonamides is 1. The van der Waals surface area contributed by atoms with Gasteiger partial charge in [0.25, 0.3) is 0 Å². The molecule has 0 bridgehead atoms. The van der Waals surface area contributed by atoms with Gasteiger partial charge in [-0.3, -0.25) is 9.48 Å². The number of unbranched alkanes of at least 4 members (excludes halogenated alkanes) is 2. The van der Waals surface area contributed by atoms with Gasteiger partial charge in [0.1, 0.15) is 0 Å². The third-order valence-corrected chi connectivity index (χ3v) is 7.02. The number of rotatable bonds is 9. The van der Waals surface area contributed by atoms with E-state index in [1.54, 1.807) is 24.4 Å². The van der Waals surface area contributed by atoms with Crippen molar-refractivity contribution >= 4 is 15.8 Å². The maximum atomic E-state index is 12.9. The Morgan fingerprint density at radius 2 is 1.79 bits per heavy atom. The van der Waals surface area contributed by atoms with E-state index in [1.165, 1.54) is 17.3 Å². The predicted molar refractivity (Wildman–Crippen MR) is 108 cm³/mol. The van der Waals surface area contributed by atoms with Crippen molar-refractivity contribution in [1.29, 1.82) is 0 Å². The first-order valence-corrected chi connectivity index (χ1v) is 11.2. The van der Waals surface area contributed by atoms with Gasteiger partial charge in [0, 0.05) is 50.7 Å². The fraction of sp³-hybridized carbons (Fsp3) is 0.500. The number of hydrogen-bond donors (Lipinski definition) is 0. The maximum Gasteiger partial charge on any atom is 0.243 e. The number of benzene rings is 1. The van der Waals surface area contributed by atoms with Crippen LogP contribution in [-0.2, 0) is 16.6 Å². The lowest BCUT2D eigenvalue weighted by Gasteiger charge is -2.34. The van der Waals surface area contributed by atoms with E-state index in [0.717, 1.165) is 45.4 Å². The average Bonchev–Trinajstić information content (AvgIpc) is 3.22. The minimum Gasteiger partial charge on any atom is -0.301 e. The number of Topliss-reactive ketones (excluding diaryl/α,β-unsaturated/α-hetero) is 1. The Balaban J connectivity index is 1.44. The minimum atomic E-state index is -3.55. The van der Waals surface area contributed by atoms with Gasteiger partial charge in [-0.05, 0) is 44.5 Å². The molecule has 1 aliphatic heterocycles. The van der Waals surface area contributed by atoms with E-state index in [9.17, 15) is 13.2 Å². The molecular weight excluding hydrogens is 376 g/mol. The van der Waals surface area contributed by atoms with Gasteiger partial charge < -0.3 is 4.90 Å². The van der Waals surface area contributed by atoms with Gasteiger partial charge in [0.15, 0.2) is 5.78 Å². The molecule has 2 heterocycles. The fourth-order valence-electron chi connectivity index (χ4n) is 3.44. The lowest BCUT2D eigenvalue weighted by molar-refractivity contribution is 0.101. The first-order chi connectivity index (χ1) is 13.5. The van der Waals surface area contributed by atoms with E-state index in [-0.39, 0.29) is 10.7 Å². The SMILES string of the molecule is CC(=O)c1cccc(S(=O)(=O)N2CCN(CCCCCn3cccn3)CC2)c1. The van der Waals surface area contributed by atoms with Crippen LogP contribution in [0.15, 0.2) is 47.6 Å². The van der Waals surface area contributed by atoms with Crippen molar-refractivity contribution in [3.8, 4) is 0 Å². The Labute approximate surface area is 167 Å². The molecule has 152 valence electrons. The highest BCUT2D eigenvalue weighted by atomic mass is 32.2. The molecule has 1 aliphatic rings. The average molecular weight is 405 g/mol. The van der Waals surface area contributed by atoms with Crippen LogP contribution >= 0.6 is 0 Å². The fourth-order valence-corrected chi connectivity index (χ4v) is 4.91. The molecule has 28 heavy (non-hydrogen) atoms. The summed E-state index contributed by atoms with van der Waals surface area (Å²) in [5.74, 6) is -0.130. The predicted octanol–water partition coefficient (Wildman–Crippen LogP) is 2.26. The molecule has 3 rings (SSSR count). The van der Waals surface area contributed by atoms with Gasteiger partial charge in [-0.15, -0.1) is 0 Å². The summed E-state index contributed by atoms with van der Waals surface area (Å²) in [6.45, 7) is 5.83. The van der Waals surface area contributed by atoms with E-state index in [0.29, 0.717) is 18.7 Å². The summed E-state index contributed by atoms with van der Waals surface area (Å²) in [5.41, 5.74) is 0.426. The van der Waals surface area contributed by atoms with E-state index >= 15 is 0 Å². The van der Waals surface area contributed by atoms with Crippen LogP contribution in [0.5, 0.6) is 0 Å². The molecular formula is C20H28N4O3S. The Morgan fingerprint density at radius 3 is 2.46 bits per heavy atom. The van der Waals surface area contributed by atoms with Crippen molar-refractivity contribution in [2.24, 2.45) is 0 Å². The van der Waals surface area contributed by atoms with Crippen LogP contribution in [-0.4, -0.2) is 65.9 Å². The second-order valence-corrected chi connectivity index (χ2v) is 9.10. The first kappa shape index (κ1) is 20.7. The number of nitrogens with zero attached hydrogens (tertiary/aromatic N) is 4. The minimum absolute atomic E-state index is 0.130. The third kappa shape index (κ3) is 5.27. The maximum absolute atomic E-state index is 12.9. The van der Waals surface area contributed by atoms with Gasteiger partial charge in [-0.25, -0.2) is 8.42 Å². The zero-order valence-electron chi connectivity index (χ0n) is 16.3. The first-order valence-electron chi connectivity index (χ1n) is 9.78. The van der Waals surface area contributed by atoms with E-state index in [4.69, 9.17) is 0 Å². The van der Waals surface area contributed by atoms with Crippen LogP contribution in [0.4, 0.5) is 0 Å². The zero-order valence-corrected chi connectivity index (χ0v) is 17.1. The number of hydrogen-bond acceptors (Lipinski definition) is 5. The van der Waals surface area contributed by atoms with Crippen molar-refractivity contribution in [3.05, 3.63) is 48.3 Å². The molecule has 1 aromatic carbocycles. The second kappa shape index (κ2) is 9.45. The smallest absolute Gasteiger partial charge is 0.243 e. The van der Waals surface area contributed by atoms with E-state index in [2.05, 4.69) is 10.00 Å². The molecule has 0 radical (unpaired) electrons. The van der Waals surface area contributed by atoms with Crippen LogP contribution in [0.1, 0.15) is 36.5 Å². The molecule has 0 spiro atoms. The Morgan fingerprint density at radius 1 is 1.04 bits per heavy atom. The highest BCUT2D eigenvalue weighted by Gasteiger charge is 2.28. The van der Waals surface area contributed by atoms with Crippen molar-refractivity contribution in [1.82, 2.24) is 19.0 Å². The molecule has 0 unspecified atom stereocenters. The molecule has 0 saturated carbocycles. The van der Waals surface area contributed by atoms with E-state index < -0.39 is 10.0 Å². The molecule has 0 atom stereocenters. The molecule has 7 nitrogen and oxygen atoms in total. The lowest BCUT2D eigenvalue weighted by atomic mass is 10.2. The summed E-state index contributed by atoms with van der Waals surface area (Å²) >= 11 is 0. The monoisotopic (exact) mass is 404 g/mol. The zero-order chi connectivity index (χ0) is 20.0. The molecule has 8 heteroatoms. The number of carbonyl (C=O) groups is 1. The summed E-state index contributed by atoms with van der Waals surface area (Å²) in [5, 5.41) is 4.20. The highest BCUT2D eigenvalue weighted by molar-refractivity contribution is 7.89. The lowest BCUT2D eigenvalue weighted by Crippen LogP contribution is -2.48.